The van der Waals surface area contributed by atoms with Crippen LogP contribution in [0.25, 0.3) is 0 Å². The number of benzene rings is 1. The molecule has 2 N–H and O–H groups in total. The molecule has 140 valence electrons. The number of rotatable bonds is 6. The first-order valence-corrected chi connectivity index (χ1v) is 10.5. The minimum Gasteiger partial charge on any atom is -0.354 e. The van der Waals surface area contributed by atoms with Crippen LogP contribution in [-0.2, 0) is 16.6 Å². The molecule has 1 fully saturated rings. The van der Waals surface area contributed by atoms with E-state index in [0.717, 1.165) is 37.2 Å². The van der Waals surface area contributed by atoms with Gasteiger partial charge in [0.05, 0.1) is 4.90 Å². The number of piperidine rings is 1. The van der Waals surface area contributed by atoms with Crippen molar-refractivity contribution >= 4 is 16.0 Å². The van der Waals surface area contributed by atoms with Crippen LogP contribution in [0.15, 0.2) is 34.2 Å². The highest BCUT2D eigenvalue weighted by Gasteiger charge is 2.25. The van der Waals surface area contributed by atoms with E-state index < -0.39 is 10.0 Å². The Labute approximate surface area is 151 Å². The Hall–Kier alpha value is -1.60. The Kier molecular flexibility index (Phi) is 7.25. The average molecular weight is 367 g/mol. The Morgan fingerprint density at radius 1 is 1.20 bits per heavy atom. The predicted octanol–water partition coefficient (Wildman–Crippen LogP) is 2.32. The summed E-state index contributed by atoms with van der Waals surface area (Å²) >= 11 is 0. The number of nitrogens with zero attached hydrogens (tertiary/aromatic N) is 2. The first-order chi connectivity index (χ1) is 12.0. The molecule has 6 nitrogen and oxygen atoms in total. The van der Waals surface area contributed by atoms with E-state index >= 15 is 0 Å². The molecule has 1 unspecified atom stereocenters. The highest BCUT2D eigenvalue weighted by Crippen LogP contribution is 2.20. The lowest BCUT2D eigenvalue weighted by molar-refractivity contribution is 0.346. The maximum absolute atomic E-state index is 12.6. The fourth-order valence-electron chi connectivity index (χ4n) is 2.75. The van der Waals surface area contributed by atoms with Crippen molar-refractivity contribution in [1.82, 2.24) is 14.9 Å². The molecule has 1 atom stereocenters. The number of nitrogens with one attached hydrogen (secondary N) is 2. The standard InChI is InChI=1S/C18H30N4O2S/c1-4-15(2)21-18(19-3)20-14-16-8-10-17(11-9-16)25(23,24)22-12-6-5-7-13-22/h8-11,15H,4-7,12-14H2,1-3H3,(H2,19,20,21). The van der Waals surface area contributed by atoms with E-state index in [4.69, 9.17) is 0 Å². The van der Waals surface area contributed by atoms with Gasteiger partial charge in [-0.2, -0.15) is 4.31 Å². The second kappa shape index (κ2) is 9.20. The summed E-state index contributed by atoms with van der Waals surface area (Å²) < 4.78 is 26.9. The predicted molar refractivity (Wildman–Crippen MR) is 102 cm³/mol. The summed E-state index contributed by atoms with van der Waals surface area (Å²) in [4.78, 5) is 4.58. The smallest absolute Gasteiger partial charge is 0.243 e. The third kappa shape index (κ3) is 5.44. The SMILES string of the molecule is CCC(C)NC(=NC)NCc1ccc(S(=O)(=O)N2CCCCC2)cc1. The maximum atomic E-state index is 12.6. The molecule has 1 aliphatic rings. The van der Waals surface area contributed by atoms with Gasteiger partial charge in [-0.05, 0) is 43.9 Å². The van der Waals surface area contributed by atoms with Crippen molar-refractivity contribution in [2.75, 3.05) is 20.1 Å². The first-order valence-electron chi connectivity index (χ1n) is 9.03. The number of hydrogen-bond acceptors (Lipinski definition) is 3. The molecule has 1 saturated heterocycles. The number of hydrogen-bond donors (Lipinski definition) is 2. The van der Waals surface area contributed by atoms with Crippen LogP contribution in [0.3, 0.4) is 0 Å². The van der Waals surface area contributed by atoms with Gasteiger partial charge in [0.15, 0.2) is 5.96 Å². The molecule has 7 heteroatoms. The molecule has 1 aromatic rings. The quantitative estimate of drug-likeness (QED) is 0.599. The molecule has 0 aliphatic carbocycles. The monoisotopic (exact) mass is 366 g/mol. The average Bonchev–Trinajstić information content (AvgIpc) is 2.65. The topological polar surface area (TPSA) is 73.8 Å². The lowest BCUT2D eigenvalue weighted by Crippen LogP contribution is -2.41. The van der Waals surface area contributed by atoms with Crippen LogP contribution in [0.2, 0.25) is 0 Å². The van der Waals surface area contributed by atoms with Crippen molar-refractivity contribution in [2.45, 2.75) is 57.0 Å². The van der Waals surface area contributed by atoms with Crippen molar-refractivity contribution in [3.05, 3.63) is 29.8 Å². The van der Waals surface area contributed by atoms with Gasteiger partial charge in [-0.1, -0.05) is 25.5 Å². The number of sulfonamides is 1. The molecule has 1 aromatic carbocycles. The highest BCUT2D eigenvalue weighted by atomic mass is 32.2. The second-order valence-electron chi connectivity index (χ2n) is 6.49. The van der Waals surface area contributed by atoms with Crippen LogP contribution in [0.5, 0.6) is 0 Å². The van der Waals surface area contributed by atoms with Gasteiger partial charge in [0, 0.05) is 32.7 Å². The zero-order valence-electron chi connectivity index (χ0n) is 15.5. The number of guanidine groups is 1. The Bertz CT molecular complexity index is 665. The first kappa shape index (κ1) is 19.7. The van der Waals surface area contributed by atoms with Crippen molar-refractivity contribution in [3.8, 4) is 0 Å². The number of aliphatic imine (C=N–C) groups is 1. The van der Waals surface area contributed by atoms with E-state index in [0.29, 0.717) is 30.6 Å². The van der Waals surface area contributed by atoms with E-state index in [-0.39, 0.29) is 0 Å². The molecule has 0 bridgehead atoms. The van der Waals surface area contributed by atoms with Gasteiger partial charge in [-0.3, -0.25) is 4.99 Å². The summed E-state index contributed by atoms with van der Waals surface area (Å²) in [6.07, 6.45) is 4.03. The van der Waals surface area contributed by atoms with Crippen molar-refractivity contribution in [1.29, 1.82) is 0 Å². The summed E-state index contributed by atoms with van der Waals surface area (Å²) in [5.74, 6) is 0.749. The van der Waals surface area contributed by atoms with Crippen LogP contribution in [0.1, 0.15) is 45.1 Å². The van der Waals surface area contributed by atoms with Gasteiger partial charge in [0.2, 0.25) is 10.0 Å². The van der Waals surface area contributed by atoms with Gasteiger partial charge < -0.3 is 10.6 Å². The summed E-state index contributed by atoms with van der Waals surface area (Å²) in [5.41, 5.74) is 1.02. The minimum absolute atomic E-state index is 0.350. The summed E-state index contributed by atoms with van der Waals surface area (Å²) in [7, 11) is -1.62. The van der Waals surface area contributed by atoms with E-state index in [1.165, 1.54) is 0 Å². The molecule has 25 heavy (non-hydrogen) atoms. The van der Waals surface area contributed by atoms with Gasteiger partial charge in [0.1, 0.15) is 0 Å². The van der Waals surface area contributed by atoms with E-state index in [9.17, 15) is 8.42 Å². The van der Waals surface area contributed by atoms with E-state index in [1.54, 1.807) is 23.5 Å². The molecule has 0 spiro atoms. The summed E-state index contributed by atoms with van der Waals surface area (Å²) in [6.45, 7) is 6.08. The van der Waals surface area contributed by atoms with Crippen LogP contribution in [0.4, 0.5) is 0 Å². The van der Waals surface area contributed by atoms with Crippen molar-refractivity contribution in [3.63, 3.8) is 0 Å². The molecule has 2 rings (SSSR count). The van der Waals surface area contributed by atoms with Gasteiger partial charge >= 0.3 is 0 Å². The fourth-order valence-corrected chi connectivity index (χ4v) is 4.27. The molecule has 0 amide bonds. The van der Waals surface area contributed by atoms with Crippen LogP contribution >= 0.6 is 0 Å². The molecule has 0 radical (unpaired) electrons. The molecule has 1 aliphatic heterocycles. The highest BCUT2D eigenvalue weighted by molar-refractivity contribution is 7.89. The van der Waals surface area contributed by atoms with Crippen LogP contribution in [0, 0.1) is 0 Å². The third-order valence-corrected chi connectivity index (χ3v) is 6.47. The summed E-state index contributed by atoms with van der Waals surface area (Å²) in [5, 5.41) is 6.55. The zero-order valence-corrected chi connectivity index (χ0v) is 16.3. The summed E-state index contributed by atoms with van der Waals surface area (Å²) in [6, 6.07) is 7.47. The normalized spacial score (nSPS) is 18.0. The minimum atomic E-state index is -3.36. The van der Waals surface area contributed by atoms with Gasteiger partial charge in [-0.25, -0.2) is 8.42 Å². The third-order valence-electron chi connectivity index (χ3n) is 4.56. The Morgan fingerprint density at radius 2 is 1.84 bits per heavy atom. The second-order valence-corrected chi connectivity index (χ2v) is 8.43. The zero-order chi connectivity index (χ0) is 18.3. The Balaban J connectivity index is 1.97. The van der Waals surface area contributed by atoms with Gasteiger partial charge in [-0.15, -0.1) is 0 Å². The Morgan fingerprint density at radius 3 is 2.40 bits per heavy atom. The molecule has 0 saturated carbocycles. The largest absolute Gasteiger partial charge is 0.354 e. The van der Waals surface area contributed by atoms with Crippen LogP contribution in [-0.4, -0.2) is 44.9 Å². The fraction of sp³-hybridized carbons (Fsp3) is 0.611. The molecular weight excluding hydrogens is 336 g/mol. The molecule has 1 heterocycles. The molecular formula is C18H30N4O2S. The lowest BCUT2D eigenvalue weighted by atomic mass is 10.2. The van der Waals surface area contributed by atoms with Gasteiger partial charge in [0.25, 0.3) is 0 Å². The lowest BCUT2D eigenvalue weighted by Gasteiger charge is -2.25. The van der Waals surface area contributed by atoms with E-state index in [1.807, 2.05) is 12.1 Å². The maximum Gasteiger partial charge on any atom is 0.243 e. The van der Waals surface area contributed by atoms with E-state index in [2.05, 4.69) is 29.5 Å². The molecule has 0 aromatic heterocycles. The van der Waals surface area contributed by atoms with Crippen LogP contribution < -0.4 is 10.6 Å². The van der Waals surface area contributed by atoms with Crippen molar-refractivity contribution < 1.29 is 8.42 Å². The van der Waals surface area contributed by atoms with Crippen molar-refractivity contribution in [2.24, 2.45) is 4.99 Å².